The molecule has 2 atom stereocenters. The van der Waals surface area contributed by atoms with Crippen LogP contribution in [0.4, 0.5) is 4.79 Å². The number of rotatable bonds is 5. The fourth-order valence-electron chi connectivity index (χ4n) is 3.18. The summed E-state index contributed by atoms with van der Waals surface area (Å²) in [6.07, 6.45) is -2.15. The number of aliphatic carboxylic acids is 1. The van der Waals surface area contributed by atoms with E-state index in [9.17, 15) is 19.8 Å². The maximum absolute atomic E-state index is 12.1. The minimum absolute atomic E-state index is 0.0787. The van der Waals surface area contributed by atoms with Crippen LogP contribution in [-0.4, -0.2) is 40.5 Å². The van der Waals surface area contributed by atoms with E-state index in [0.29, 0.717) is 0 Å². The summed E-state index contributed by atoms with van der Waals surface area (Å²) in [5, 5.41) is 21.2. The van der Waals surface area contributed by atoms with Crippen molar-refractivity contribution >= 4 is 12.1 Å². The van der Waals surface area contributed by atoms with Gasteiger partial charge in [0.25, 0.3) is 0 Å². The highest BCUT2D eigenvalue weighted by Gasteiger charge is 2.40. The highest BCUT2D eigenvalue weighted by Crippen LogP contribution is 2.44. The van der Waals surface area contributed by atoms with Gasteiger partial charge in [-0.05, 0) is 36.1 Å². The number of carboxylic acid groups (broad SMARTS) is 1. The third kappa shape index (κ3) is 3.04. The fraction of sp³-hybridized carbons (Fsp3) is 0.300. The smallest absolute Gasteiger partial charge is 0.408 e. The number of benzene rings is 2. The number of carbonyl (C=O) groups is 2. The maximum atomic E-state index is 12.1. The first-order valence-electron chi connectivity index (χ1n) is 8.39. The molecule has 0 saturated carbocycles. The Morgan fingerprint density at radius 2 is 1.62 bits per heavy atom. The number of carboxylic acids is 1. The number of fused-ring (bicyclic) bond motifs is 3. The van der Waals surface area contributed by atoms with Gasteiger partial charge in [0.05, 0.1) is 6.10 Å². The molecular weight excluding hydrogens is 334 g/mol. The van der Waals surface area contributed by atoms with Gasteiger partial charge in [-0.3, -0.25) is 0 Å². The normalized spacial score (nSPS) is 16.1. The SMILES string of the molecule is C[C@@H](O)[C@](C)(NC(=O)OCC1c2ccccc2-c2ccccc21)C(=O)O. The third-order valence-corrected chi connectivity index (χ3v) is 4.99. The van der Waals surface area contributed by atoms with E-state index in [1.54, 1.807) is 0 Å². The zero-order valence-corrected chi connectivity index (χ0v) is 14.6. The molecule has 1 aliphatic rings. The molecule has 6 nitrogen and oxygen atoms in total. The highest BCUT2D eigenvalue weighted by molar-refractivity contribution is 5.84. The van der Waals surface area contributed by atoms with E-state index in [0.717, 1.165) is 22.3 Å². The average Bonchev–Trinajstić information content (AvgIpc) is 2.93. The maximum Gasteiger partial charge on any atom is 0.408 e. The van der Waals surface area contributed by atoms with Crippen LogP contribution in [0.15, 0.2) is 48.5 Å². The van der Waals surface area contributed by atoms with Gasteiger partial charge < -0.3 is 20.3 Å². The van der Waals surface area contributed by atoms with Crippen LogP contribution in [-0.2, 0) is 9.53 Å². The molecule has 1 amide bonds. The Kier molecular flexibility index (Phi) is 4.70. The Bertz CT molecular complexity index is 802. The molecule has 0 radical (unpaired) electrons. The monoisotopic (exact) mass is 355 g/mol. The lowest BCUT2D eigenvalue weighted by Gasteiger charge is -2.28. The van der Waals surface area contributed by atoms with E-state index in [1.165, 1.54) is 13.8 Å². The number of ether oxygens (including phenoxy) is 1. The van der Waals surface area contributed by atoms with E-state index in [4.69, 9.17) is 4.74 Å². The van der Waals surface area contributed by atoms with Crippen LogP contribution in [0, 0.1) is 0 Å². The van der Waals surface area contributed by atoms with Crippen LogP contribution < -0.4 is 5.32 Å². The van der Waals surface area contributed by atoms with Gasteiger partial charge in [-0.1, -0.05) is 48.5 Å². The number of carbonyl (C=O) groups excluding carboxylic acids is 1. The highest BCUT2D eigenvalue weighted by atomic mass is 16.5. The van der Waals surface area contributed by atoms with Crippen LogP contribution in [0.1, 0.15) is 30.9 Å². The Labute approximate surface area is 151 Å². The molecule has 0 spiro atoms. The summed E-state index contributed by atoms with van der Waals surface area (Å²) in [4.78, 5) is 23.5. The Hall–Kier alpha value is -2.86. The van der Waals surface area contributed by atoms with Crippen LogP contribution in [0.3, 0.4) is 0 Å². The minimum atomic E-state index is -1.82. The fourth-order valence-corrected chi connectivity index (χ4v) is 3.18. The van der Waals surface area contributed by atoms with E-state index in [2.05, 4.69) is 5.32 Å². The molecular formula is C20H21NO5. The minimum Gasteiger partial charge on any atom is -0.479 e. The Balaban J connectivity index is 1.76. The van der Waals surface area contributed by atoms with Crippen molar-refractivity contribution in [1.82, 2.24) is 5.32 Å². The molecule has 0 aliphatic heterocycles. The summed E-state index contributed by atoms with van der Waals surface area (Å²) < 4.78 is 5.31. The van der Waals surface area contributed by atoms with Crippen molar-refractivity contribution in [1.29, 1.82) is 0 Å². The van der Waals surface area contributed by atoms with Gasteiger partial charge in [0.2, 0.25) is 0 Å². The number of aliphatic hydroxyl groups is 1. The largest absolute Gasteiger partial charge is 0.479 e. The molecule has 136 valence electrons. The number of hydrogen-bond donors (Lipinski definition) is 3. The van der Waals surface area contributed by atoms with Crippen LogP contribution >= 0.6 is 0 Å². The first-order chi connectivity index (χ1) is 12.3. The van der Waals surface area contributed by atoms with E-state index in [-0.39, 0.29) is 12.5 Å². The molecule has 0 fully saturated rings. The quantitative estimate of drug-likeness (QED) is 0.766. The molecule has 0 saturated heterocycles. The van der Waals surface area contributed by atoms with Crippen molar-refractivity contribution < 1.29 is 24.5 Å². The Morgan fingerprint density at radius 1 is 1.12 bits per heavy atom. The van der Waals surface area contributed by atoms with Gasteiger partial charge in [0, 0.05) is 5.92 Å². The second kappa shape index (κ2) is 6.80. The summed E-state index contributed by atoms with van der Waals surface area (Å²) in [6, 6.07) is 15.9. The van der Waals surface area contributed by atoms with Crippen molar-refractivity contribution in [3.05, 3.63) is 59.7 Å². The lowest BCUT2D eigenvalue weighted by atomic mass is 9.96. The van der Waals surface area contributed by atoms with Crippen molar-refractivity contribution in [3.63, 3.8) is 0 Å². The number of alkyl carbamates (subject to hydrolysis) is 1. The summed E-state index contributed by atoms with van der Waals surface area (Å²) in [7, 11) is 0. The molecule has 1 aliphatic carbocycles. The summed E-state index contributed by atoms with van der Waals surface area (Å²) in [5.41, 5.74) is 2.53. The summed E-state index contributed by atoms with van der Waals surface area (Å²) in [6.45, 7) is 2.62. The molecule has 0 bridgehead atoms. The first-order valence-corrected chi connectivity index (χ1v) is 8.39. The van der Waals surface area contributed by atoms with Crippen LogP contribution in [0.5, 0.6) is 0 Å². The molecule has 3 N–H and O–H groups in total. The predicted molar refractivity (Wildman–Crippen MR) is 95.9 cm³/mol. The molecule has 0 unspecified atom stereocenters. The number of aliphatic hydroxyl groups excluding tert-OH is 1. The molecule has 0 aromatic heterocycles. The molecule has 0 heterocycles. The van der Waals surface area contributed by atoms with Crippen molar-refractivity contribution in [2.24, 2.45) is 0 Å². The molecule has 26 heavy (non-hydrogen) atoms. The third-order valence-electron chi connectivity index (χ3n) is 4.99. The van der Waals surface area contributed by atoms with E-state index >= 15 is 0 Å². The van der Waals surface area contributed by atoms with Crippen LogP contribution in [0.25, 0.3) is 11.1 Å². The average molecular weight is 355 g/mol. The van der Waals surface area contributed by atoms with Gasteiger partial charge >= 0.3 is 12.1 Å². The van der Waals surface area contributed by atoms with E-state index < -0.39 is 23.7 Å². The van der Waals surface area contributed by atoms with Crippen LogP contribution in [0.2, 0.25) is 0 Å². The van der Waals surface area contributed by atoms with Crippen molar-refractivity contribution in [2.45, 2.75) is 31.4 Å². The zero-order valence-electron chi connectivity index (χ0n) is 14.6. The molecule has 6 heteroatoms. The van der Waals surface area contributed by atoms with Gasteiger partial charge in [0.1, 0.15) is 6.61 Å². The summed E-state index contributed by atoms with van der Waals surface area (Å²) >= 11 is 0. The van der Waals surface area contributed by atoms with Crippen molar-refractivity contribution in [3.8, 4) is 11.1 Å². The molecule has 2 aromatic carbocycles. The van der Waals surface area contributed by atoms with Gasteiger partial charge in [-0.15, -0.1) is 0 Å². The second-order valence-corrected chi connectivity index (χ2v) is 6.63. The Morgan fingerprint density at radius 3 is 2.08 bits per heavy atom. The van der Waals surface area contributed by atoms with Gasteiger partial charge in [-0.25, -0.2) is 9.59 Å². The number of hydrogen-bond acceptors (Lipinski definition) is 4. The van der Waals surface area contributed by atoms with Crippen molar-refractivity contribution in [2.75, 3.05) is 6.61 Å². The molecule has 3 rings (SSSR count). The predicted octanol–water partition coefficient (Wildman–Crippen LogP) is 2.75. The number of nitrogens with one attached hydrogen (secondary N) is 1. The second-order valence-electron chi connectivity index (χ2n) is 6.63. The zero-order chi connectivity index (χ0) is 18.9. The first kappa shape index (κ1) is 17.9. The topological polar surface area (TPSA) is 95.9 Å². The number of amides is 1. The van der Waals surface area contributed by atoms with E-state index in [1.807, 2.05) is 48.5 Å². The lowest BCUT2D eigenvalue weighted by molar-refractivity contribution is -0.148. The van der Waals surface area contributed by atoms with Gasteiger partial charge in [0.15, 0.2) is 5.54 Å². The lowest BCUT2D eigenvalue weighted by Crippen LogP contribution is -2.59. The standard InChI is InChI=1S/C20H21NO5/c1-12(22)20(2,18(23)24)21-19(25)26-11-17-15-9-5-3-7-13(15)14-8-4-6-10-16(14)17/h3-10,12,17,22H,11H2,1-2H3,(H,21,25)(H,23,24)/t12-,20+/m1/s1. The summed E-state index contributed by atoms with van der Waals surface area (Å²) in [5.74, 6) is -1.45. The molecule has 2 aromatic rings. The van der Waals surface area contributed by atoms with Gasteiger partial charge in [-0.2, -0.15) is 0 Å².